The van der Waals surface area contributed by atoms with Crippen LogP contribution < -0.4 is 5.73 Å². The smallest absolute Gasteiger partial charge is 0.0266 e. The fourth-order valence-corrected chi connectivity index (χ4v) is 4.00. The second kappa shape index (κ2) is 5.92. The van der Waals surface area contributed by atoms with E-state index in [0.717, 1.165) is 11.2 Å². The molecule has 0 aliphatic heterocycles. The Morgan fingerprint density at radius 3 is 2.88 bits per heavy atom. The van der Waals surface area contributed by atoms with Crippen molar-refractivity contribution in [3.05, 3.63) is 29.8 Å². The number of hydrogen-bond acceptors (Lipinski definition) is 2. The van der Waals surface area contributed by atoms with Gasteiger partial charge in [0.05, 0.1) is 0 Å². The Kier molecular flexibility index (Phi) is 4.52. The largest absolute Gasteiger partial charge is 0.324 e. The maximum absolute atomic E-state index is 5.93. The van der Waals surface area contributed by atoms with Gasteiger partial charge in [0.25, 0.3) is 0 Å². The second-order valence-corrected chi connectivity index (χ2v) is 6.75. The highest BCUT2D eigenvalue weighted by molar-refractivity contribution is 8.00. The highest BCUT2D eigenvalue weighted by atomic mass is 32.2. The van der Waals surface area contributed by atoms with Crippen LogP contribution in [-0.2, 0) is 0 Å². The molecule has 1 aliphatic rings. The minimum Gasteiger partial charge on any atom is -0.324 e. The van der Waals surface area contributed by atoms with Crippen molar-refractivity contribution < 1.29 is 0 Å². The Hall–Kier alpha value is -0.470. The molecule has 0 heterocycles. The van der Waals surface area contributed by atoms with Crippen molar-refractivity contribution in [2.24, 2.45) is 11.7 Å². The van der Waals surface area contributed by atoms with E-state index in [9.17, 15) is 0 Å². The van der Waals surface area contributed by atoms with Crippen molar-refractivity contribution in [3.63, 3.8) is 0 Å². The fraction of sp³-hybridized carbons (Fsp3) is 0.600. The highest BCUT2D eigenvalue weighted by Gasteiger charge is 2.19. The maximum Gasteiger partial charge on any atom is 0.0266 e. The molecule has 0 aromatic heterocycles. The van der Waals surface area contributed by atoms with Gasteiger partial charge in [-0.05, 0) is 43.4 Å². The lowest BCUT2D eigenvalue weighted by Crippen LogP contribution is -2.14. The molecule has 1 nitrogen and oxygen atoms in total. The van der Waals surface area contributed by atoms with Crippen LogP contribution in [0.1, 0.15) is 51.1 Å². The molecule has 1 saturated carbocycles. The van der Waals surface area contributed by atoms with Crippen LogP contribution in [0.3, 0.4) is 0 Å². The van der Waals surface area contributed by atoms with Gasteiger partial charge in [0.2, 0.25) is 0 Å². The predicted octanol–water partition coefficient (Wildman–Crippen LogP) is 4.38. The number of thioether (sulfide) groups is 1. The monoisotopic (exact) mass is 249 g/mol. The third-order valence-corrected chi connectivity index (χ3v) is 4.86. The van der Waals surface area contributed by atoms with Gasteiger partial charge in [0, 0.05) is 16.2 Å². The van der Waals surface area contributed by atoms with Crippen LogP contribution in [0.25, 0.3) is 0 Å². The van der Waals surface area contributed by atoms with Crippen LogP contribution >= 0.6 is 11.8 Å². The minimum absolute atomic E-state index is 0.140. The summed E-state index contributed by atoms with van der Waals surface area (Å²) in [6.07, 6.45) is 5.55. The molecule has 0 radical (unpaired) electrons. The van der Waals surface area contributed by atoms with Crippen LogP contribution in [0, 0.1) is 5.92 Å². The first-order valence-electron chi connectivity index (χ1n) is 6.67. The van der Waals surface area contributed by atoms with Crippen molar-refractivity contribution >= 4 is 11.8 Å². The molecule has 3 atom stereocenters. The van der Waals surface area contributed by atoms with Crippen LogP contribution in [0.4, 0.5) is 0 Å². The topological polar surface area (TPSA) is 26.0 Å². The number of rotatable bonds is 3. The molecule has 1 fully saturated rings. The van der Waals surface area contributed by atoms with Crippen LogP contribution in [-0.4, -0.2) is 5.25 Å². The first-order chi connectivity index (χ1) is 8.15. The summed E-state index contributed by atoms with van der Waals surface area (Å²) in [5, 5.41) is 0.807. The lowest BCUT2D eigenvalue weighted by Gasteiger charge is -2.26. The van der Waals surface area contributed by atoms with Gasteiger partial charge < -0.3 is 5.73 Å². The average Bonchev–Trinajstić information content (AvgIpc) is 2.29. The molecule has 94 valence electrons. The van der Waals surface area contributed by atoms with Crippen LogP contribution in [0.15, 0.2) is 29.2 Å². The zero-order chi connectivity index (χ0) is 12.3. The van der Waals surface area contributed by atoms with Crippen molar-refractivity contribution in [3.8, 4) is 0 Å². The quantitative estimate of drug-likeness (QED) is 0.860. The number of hydrogen-bond donors (Lipinski definition) is 1. The third-order valence-electron chi connectivity index (χ3n) is 3.57. The number of benzene rings is 1. The van der Waals surface area contributed by atoms with Gasteiger partial charge in [-0.15, -0.1) is 11.8 Å². The van der Waals surface area contributed by atoms with Crippen molar-refractivity contribution in [2.45, 2.75) is 55.7 Å². The third kappa shape index (κ3) is 3.75. The molecule has 0 spiro atoms. The minimum atomic E-state index is 0.140. The van der Waals surface area contributed by atoms with Gasteiger partial charge in [0.15, 0.2) is 0 Å². The molecule has 1 aromatic carbocycles. The molecule has 1 aromatic rings. The van der Waals surface area contributed by atoms with Crippen LogP contribution in [0.2, 0.25) is 0 Å². The van der Waals surface area contributed by atoms with Gasteiger partial charge in [-0.25, -0.2) is 0 Å². The maximum atomic E-state index is 5.93. The Morgan fingerprint density at radius 2 is 2.18 bits per heavy atom. The van der Waals surface area contributed by atoms with Crippen molar-refractivity contribution in [1.82, 2.24) is 0 Å². The second-order valence-electron chi connectivity index (χ2n) is 5.37. The number of nitrogens with two attached hydrogens (primary N) is 1. The normalized spacial score (nSPS) is 26.8. The Labute approximate surface area is 109 Å². The molecular formula is C15H23NS. The van der Waals surface area contributed by atoms with E-state index in [1.165, 1.54) is 36.1 Å². The van der Waals surface area contributed by atoms with E-state index in [1.807, 2.05) is 18.7 Å². The Morgan fingerprint density at radius 1 is 1.35 bits per heavy atom. The van der Waals surface area contributed by atoms with E-state index in [2.05, 4.69) is 31.2 Å². The first-order valence-corrected chi connectivity index (χ1v) is 7.55. The summed E-state index contributed by atoms with van der Waals surface area (Å²) in [7, 11) is 0. The Balaban J connectivity index is 2.00. The summed E-state index contributed by atoms with van der Waals surface area (Å²) in [5.74, 6) is 0.901. The summed E-state index contributed by atoms with van der Waals surface area (Å²) in [5.41, 5.74) is 7.18. The summed E-state index contributed by atoms with van der Waals surface area (Å²) in [6.45, 7) is 4.43. The van der Waals surface area contributed by atoms with Gasteiger partial charge in [-0.2, -0.15) is 0 Å². The lowest BCUT2D eigenvalue weighted by molar-refractivity contribution is 0.394. The van der Waals surface area contributed by atoms with Gasteiger partial charge >= 0.3 is 0 Å². The molecule has 2 heteroatoms. The highest BCUT2D eigenvalue weighted by Crippen LogP contribution is 2.36. The summed E-state index contributed by atoms with van der Waals surface area (Å²) >= 11 is 2.04. The zero-order valence-electron chi connectivity index (χ0n) is 10.9. The molecule has 2 N–H and O–H groups in total. The molecule has 17 heavy (non-hydrogen) atoms. The van der Waals surface area contributed by atoms with E-state index in [4.69, 9.17) is 5.73 Å². The molecule has 0 bridgehead atoms. The van der Waals surface area contributed by atoms with Crippen molar-refractivity contribution in [2.75, 3.05) is 0 Å². The van der Waals surface area contributed by atoms with Gasteiger partial charge in [0.1, 0.15) is 0 Å². The predicted molar refractivity (Wildman–Crippen MR) is 76.3 cm³/mol. The molecular weight excluding hydrogens is 226 g/mol. The first kappa shape index (κ1) is 13.0. The molecule has 3 unspecified atom stereocenters. The van der Waals surface area contributed by atoms with E-state index < -0.39 is 0 Å². The van der Waals surface area contributed by atoms with Gasteiger partial charge in [-0.1, -0.05) is 31.9 Å². The van der Waals surface area contributed by atoms with E-state index in [-0.39, 0.29) is 6.04 Å². The molecule has 0 amide bonds. The zero-order valence-corrected chi connectivity index (χ0v) is 11.7. The van der Waals surface area contributed by atoms with E-state index in [1.54, 1.807) is 0 Å². The SMILES string of the molecule is CC1CCCC(Sc2cccc(C(C)N)c2)C1. The fourth-order valence-electron chi connectivity index (χ4n) is 2.55. The van der Waals surface area contributed by atoms with Gasteiger partial charge in [-0.3, -0.25) is 0 Å². The molecule has 2 rings (SSSR count). The summed E-state index contributed by atoms with van der Waals surface area (Å²) in [6, 6.07) is 8.87. The Bertz CT molecular complexity index is 362. The van der Waals surface area contributed by atoms with E-state index >= 15 is 0 Å². The summed E-state index contributed by atoms with van der Waals surface area (Å²) in [4.78, 5) is 1.39. The molecule has 1 aliphatic carbocycles. The van der Waals surface area contributed by atoms with Crippen molar-refractivity contribution in [1.29, 1.82) is 0 Å². The van der Waals surface area contributed by atoms with Crippen LogP contribution in [0.5, 0.6) is 0 Å². The average molecular weight is 249 g/mol. The van der Waals surface area contributed by atoms with E-state index in [0.29, 0.717) is 0 Å². The standard InChI is InChI=1S/C15H23NS/c1-11-5-3-7-14(9-11)17-15-8-4-6-13(10-15)12(2)16/h4,6,8,10-12,14H,3,5,7,9,16H2,1-2H3. The molecule has 0 saturated heterocycles. The lowest BCUT2D eigenvalue weighted by atomic mass is 9.91. The summed E-state index contributed by atoms with van der Waals surface area (Å²) < 4.78 is 0.